The first-order valence-electron chi connectivity index (χ1n) is 15.8. The van der Waals surface area contributed by atoms with Gasteiger partial charge in [0.1, 0.15) is 18.1 Å². The Hall–Kier alpha value is -1.63. The van der Waals surface area contributed by atoms with E-state index < -0.39 is 41.4 Å². The lowest BCUT2D eigenvalue weighted by Gasteiger charge is -2.47. The van der Waals surface area contributed by atoms with Crippen LogP contribution in [-0.4, -0.2) is 134 Å². The lowest BCUT2D eigenvalue weighted by atomic mass is 9.74. The number of methoxy groups -OCH3 is 1. The van der Waals surface area contributed by atoms with Crippen LogP contribution < -0.4 is 0 Å². The highest BCUT2D eigenvalue weighted by Crippen LogP contribution is 2.38. The van der Waals surface area contributed by atoms with Crippen molar-refractivity contribution in [3.8, 4) is 0 Å². The number of ketones is 1. The van der Waals surface area contributed by atoms with Gasteiger partial charge in [0.15, 0.2) is 12.1 Å². The summed E-state index contributed by atoms with van der Waals surface area (Å²) in [5, 5.41) is 11.3. The molecule has 0 saturated carbocycles. The monoisotopic (exact) mass is 611 g/mol. The van der Waals surface area contributed by atoms with E-state index in [9.17, 15) is 19.5 Å². The maximum atomic E-state index is 14.2. The molecule has 3 heterocycles. The molecule has 10 atom stereocenters. The van der Waals surface area contributed by atoms with Crippen LogP contribution in [0.25, 0.3) is 0 Å². The summed E-state index contributed by atoms with van der Waals surface area (Å²) in [6.45, 7) is 14.7. The fourth-order valence-electron chi connectivity index (χ4n) is 7.45. The van der Waals surface area contributed by atoms with E-state index in [1.807, 2.05) is 44.8 Å². The van der Waals surface area contributed by atoms with Crippen LogP contribution in [0.5, 0.6) is 0 Å². The van der Waals surface area contributed by atoms with Crippen molar-refractivity contribution in [2.24, 2.45) is 23.2 Å². The summed E-state index contributed by atoms with van der Waals surface area (Å²) in [6, 6.07) is -0.301. The van der Waals surface area contributed by atoms with E-state index in [-0.39, 0.29) is 48.3 Å². The Morgan fingerprint density at radius 2 is 1.77 bits per heavy atom. The molecule has 0 spiro atoms. The van der Waals surface area contributed by atoms with Crippen LogP contribution in [0.2, 0.25) is 0 Å². The molecule has 0 aliphatic carbocycles. The first-order chi connectivity index (χ1) is 19.9. The van der Waals surface area contributed by atoms with Crippen molar-refractivity contribution in [3.05, 3.63) is 0 Å². The van der Waals surface area contributed by atoms with Gasteiger partial charge in [-0.15, -0.1) is 0 Å². The molecule has 0 aromatic heterocycles. The van der Waals surface area contributed by atoms with Crippen LogP contribution in [0.4, 0.5) is 0 Å². The molecule has 0 aromatic rings. The summed E-state index contributed by atoms with van der Waals surface area (Å²) < 4.78 is 24.8. The average molecular weight is 612 g/mol. The number of amides is 1. The Morgan fingerprint density at radius 3 is 2.33 bits per heavy atom. The fraction of sp³-hybridized carbons (Fsp3) is 0.906. The number of likely N-dealkylation sites (N-methyl/N-ethyl adjacent to an activating group) is 2. The molecule has 1 N–H and O–H groups in total. The molecule has 1 unspecified atom stereocenters. The van der Waals surface area contributed by atoms with E-state index in [0.717, 1.165) is 6.42 Å². The maximum absolute atomic E-state index is 14.2. The molecule has 248 valence electrons. The minimum atomic E-state index is -1.45. The first-order valence-corrected chi connectivity index (χ1v) is 15.8. The molecular formula is C32H57N3O8. The van der Waals surface area contributed by atoms with Gasteiger partial charge in [0, 0.05) is 51.7 Å². The molecule has 0 aromatic carbocycles. The summed E-state index contributed by atoms with van der Waals surface area (Å²) in [7, 11) is 7.46. The summed E-state index contributed by atoms with van der Waals surface area (Å²) in [4.78, 5) is 45.8. The van der Waals surface area contributed by atoms with Crippen molar-refractivity contribution in [1.82, 2.24) is 14.7 Å². The van der Waals surface area contributed by atoms with Gasteiger partial charge in [-0.1, -0.05) is 13.8 Å². The fourth-order valence-corrected chi connectivity index (χ4v) is 7.45. The molecule has 3 saturated heterocycles. The maximum Gasteiger partial charge on any atom is 0.319 e. The van der Waals surface area contributed by atoms with Crippen LogP contribution >= 0.6 is 0 Å². The number of nitrogens with zero attached hydrogens (tertiary/aromatic N) is 3. The molecule has 1 amide bonds. The highest BCUT2D eigenvalue weighted by Gasteiger charge is 2.51. The molecular weight excluding hydrogens is 554 g/mol. The highest BCUT2D eigenvalue weighted by molar-refractivity contribution is 6.04. The van der Waals surface area contributed by atoms with Gasteiger partial charge in [-0.25, -0.2) is 0 Å². The largest absolute Gasteiger partial charge is 0.463 e. The van der Waals surface area contributed by atoms with E-state index >= 15 is 0 Å². The number of hydrogen-bond donors (Lipinski definition) is 1. The molecule has 3 fully saturated rings. The number of esters is 1. The van der Waals surface area contributed by atoms with Gasteiger partial charge in [-0.2, -0.15) is 0 Å². The molecule has 11 nitrogen and oxygen atoms in total. The zero-order valence-corrected chi connectivity index (χ0v) is 28.3. The van der Waals surface area contributed by atoms with Gasteiger partial charge >= 0.3 is 5.97 Å². The Morgan fingerprint density at radius 1 is 1.12 bits per heavy atom. The number of carbonyl (C=O) groups is 3. The lowest BCUT2D eigenvalue weighted by molar-refractivity contribution is -0.295. The third kappa shape index (κ3) is 7.97. The van der Waals surface area contributed by atoms with E-state index in [0.29, 0.717) is 32.5 Å². The van der Waals surface area contributed by atoms with Gasteiger partial charge in [0.05, 0.1) is 17.8 Å². The van der Waals surface area contributed by atoms with Crippen LogP contribution in [0.15, 0.2) is 0 Å². The van der Waals surface area contributed by atoms with Crippen molar-refractivity contribution in [3.63, 3.8) is 0 Å². The van der Waals surface area contributed by atoms with Gasteiger partial charge in [-0.05, 0) is 79.9 Å². The van der Waals surface area contributed by atoms with Crippen molar-refractivity contribution in [1.29, 1.82) is 0 Å². The smallest absolute Gasteiger partial charge is 0.319 e. The second-order valence-corrected chi connectivity index (χ2v) is 14.4. The average Bonchev–Trinajstić information content (AvgIpc) is 3.41. The number of aliphatic hydroxyl groups excluding tert-OH is 1. The third-order valence-electron chi connectivity index (χ3n) is 10.1. The van der Waals surface area contributed by atoms with Crippen molar-refractivity contribution < 1.29 is 38.4 Å². The summed E-state index contributed by atoms with van der Waals surface area (Å²) in [5.41, 5.74) is -2.40. The number of rotatable bonds is 5. The van der Waals surface area contributed by atoms with E-state index in [4.69, 9.17) is 18.9 Å². The Labute approximate surface area is 258 Å². The molecule has 0 radical (unpaired) electrons. The quantitative estimate of drug-likeness (QED) is 0.366. The summed E-state index contributed by atoms with van der Waals surface area (Å²) >= 11 is 0. The van der Waals surface area contributed by atoms with Crippen LogP contribution in [-0.2, 0) is 33.3 Å². The van der Waals surface area contributed by atoms with Gasteiger partial charge < -0.3 is 33.9 Å². The molecule has 11 heteroatoms. The Bertz CT molecular complexity index is 992. The zero-order chi connectivity index (χ0) is 32.4. The molecule has 3 rings (SSSR count). The zero-order valence-electron chi connectivity index (χ0n) is 28.3. The Kier molecular flexibility index (Phi) is 11.8. The predicted octanol–water partition coefficient (Wildman–Crippen LogP) is 2.19. The van der Waals surface area contributed by atoms with E-state index in [2.05, 4.69) is 11.8 Å². The number of Topliss-reactive ketones (excluding diaryl/α,β-unsaturated/α-hetero) is 1. The molecule has 43 heavy (non-hydrogen) atoms. The number of aliphatic hydroxyl groups is 1. The number of cyclic esters (lactones) is 1. The summed E-state index contributed by atoms with van der Waals surface area (Å²) in [6.07, 6.45) is -0.898. The normalized spacial score (nSPS) is 40.5. The van der Waals surface area contributed by atoms with Crippen molar-refractivity contribution >= 4 is 17.7 Å². The predicted molar refractivity (Wildman–Crippen MR) is 162 cm³/mol. The Balaban J connectivity index is 1.98. The minimum Gasteiger partial charge on any atom is -0.463 e. The first kappa shape index (κ1) is 35.8. The SMILES string of the molecule is CO[C@]1(C)C[C@@H](C)CN(C)[C@@H](C2CCN(C(C)=O)C2)COC(=O)C(C)(C)C(=O)[C@H](C)[C@H]1O[C@@H]1O[C@H](C)C[C@H](N(C)C)[C@H]1O. The number of hydrogen-bond acceptors (Lipinski definition) is 10. The number of carbonyl (C=O) groups excluding carboxylic acids is 3. The number of likely N-dealkylation sites (tertiary alicyclic amines) is 1. The van der Waals surface area contributed by atoms with Crippen LogP contribution in [0, 0.1) is 23.2 Å². The standard InChI is InChI=1S/C32H57N3O8/c1-19-15-32(7,40-11)28(43-29-26(37)24(33(8)9)14-20(2)42-29)21(3)27(38)31(5,6)30(39)41-18-25(34(10)16-19)23-12-13-35(17-23)22(4)36/h19-21,23-26,28-29,37H,12-18H2,1-11H3/t19-,20-,21+,23?,24+,25-,26-,28-,29+,32-/m1/s1. The van der Waals surface area contributed by atoms with Crippen LogP contribution in [0.1, 0.15) is 67.7 Å². The van der Waals surface area contributed by atoms with Crippen molar-refractivity contribution in [2.75, 3.05) is 54.5 Å². The topological polar surface area (TPSA) is 118 Å². The third-order valence-corrected chi connectivity index (χ3v) is 10.1. The highest BCUT2D eigenvalue weighted by atomic mass is 16.7. The van der Waals surface area contributed by atoms with E-state index in [1.54, 1.807) is 34.8 Å². The summed E-state index contributed by atoms with van der Waals surface area (Å²) in [5.74, 6) is -1.41. The second-order valence-electron chi connectivity index (χ2n) is 14.4. The van der Waals surface area contributed by atoms with Gasteiger partial charge in [0.2, 0.25) is 5.91 Å². The molecule has 3 aliphatic rings. The van der Waals surface area contributed by atoms with Gasteiger partial charge in [0.25, 0.3) is 0 Å². The van der Waals surface area contributed by atoms with Gasteiger partial charge in [-0.3, -0.25) is 19.3 Å². The molecule has 0 bridgehead atoms. The minimum absolute atomic E-state index is 0.0427. The van der Waals surface area contributed by atoms with Crippen LogP contribution in [0.3, 0.4) is 0 Å². The van der Waals surface area contributed by atoms with E-state index in [1.165, 1.54) is 0 Å². The second kappa shape index (κ2) is 14.2. The van der Waals surface area contributed by atoms with Crippen molar-refractivity contribution in [2.45, 2.75) is 110 Å². The number of ether oxygens (including phenoxy) is 4. The lowest BCUT2D eigenvalue weighted by Crippen LogP contribution is -2.59. The molecule has 3 aliphatic heterocycles.